The molecule has 1 atom stereocenters. The van der Waals surface area contributed by atoms with Gasteiger partial charge in [-0.25, -0.2) is 0 Å². The van der Waals surface area contributed by atoms with E-state index in [9.17, 15) is 4.79 Å². The number of nitrogens with one attached hydrogen (secondary N) is 1. The fraction of sp³-hybridized carbons (Fsp3) is 0.462. The van der Waals surface area contributed by atoms with E-state index in [-0.39, 0.29) is 16.3 Å². The summed E-state index contributed by atoms with van der Waals surface area (Å²) < 4.78 is 5.17. The minimum absolute atomic E-state index is 0.138. The molecule has 18 heavy (non-hydrogen) atoms. The maximum atomic E-state index is 12.2. The molecule has 100 valence electrons. The Balaban J connectivity index is 3.01. The van der Waals surface area contributed by atoms with E-state index in [1.807, 2.05) is 20.8 Å². The molecule has 1 rings (SSSR count). The first-order valence-electron chi connectivity index (χ1n) is 5.58. The molecule has 0 aliphatic carbocycles. The van der Waals surface area contributed by atoms with E-state index in [2.05, 4.69) is 21.2 Å². The van der Waals surface area contributed by atoms with Crippen LogP contribution in [0.15, 0.2) is 18.2 Å². The van der Waals surface area contributed by atoms with Crippen molar-refractivity contribution in [3.63, 3.8) is 0 Å². The molecular weight excluding hydrogens is 318 g/mol. The highest BCUT2D eigenvalue weighted by Gasteiger charge is 2.27. The maximum Gasteiger partial charge on any atom is 0.255 e. The smallest absolute Gasteiger partial charge is 0.255 e. The molecule has 0 saturated heterocycles. The molecule has 5 heteroatoms. The summed E-state index contributed by atoms with van der Waals surface area (Å²) in [4.78, 5) is 12.4. The first-order valence-corrected chi connectivity index (χ1v) is 6.87. The fourth-order valence-electron chi connectivity index (χ4n) is 1.32. The first-order chi connectivity index (χ1) is 8.27. The summed E-state index contributed by atoms with van der Waals surface area (Å²) in [6.45, 7) is 5.87. The molecule has 0 fully saturated rings. The maximum absolute atomic E-state index is 12.2. The van der Waals surface area contributed by atoms with Crippen molar-refractivity contribution in [2.75, 3.05) is 7.11 Å². The molecule has 0 aliphatic heterocycles. The summed E-state index contributed by atoms with van der Waals surface area (Å²) in [7, 11) is 1.53. The minimum Gasteiger partial charge on any atom is -0.496 e. The van der Waals surface area contributed by atoms with Crippen molar-refractivity contribution in [1.29, 1.82) is 0 Å². The monoisotopic (exact) mass is 333 g/mol. The molecule has 1 amide bonds. The molecule has 0 heterocycles. The Morgan fingerprint density at radius 2 is 2.11 bits per heavy atom. The lowest BCUT2D eigenvalue weighted by Crippen LogP contribution is -2.48. The Bertz CT molecular complexity index is 447. The highest BCUT2D eigenvalue weighted by Crippen LogP contribution is 2.24. The van der Waals surface area contributed by atoms with Gasteiger partial charge in [-0.15, -0.1) is 0 Å². The van der Waals surface area contributed by atoms with Crippen LogP contribution >= 0.6 is 27.5 Å². The zero-order valence-corrected chi connectivity index (χ0v) is 13.2. The molecule has 1 N–H and O–H groups in total. The lowest BCUT2D eigenvalue weighted by Gasteiger charge is -2.29. The predicted octanol–water partition coefficient (Wildman–Crippen LogP) is 3.64. The number of rotatable bonds is 4. The van der Waals surface area contributed by atoms with Crippen molar-refractivity contribution >= 4 is 33.4 Å². The van der Waals surface area contributed by atoms with Gasteiger partial charge in [-0.3, -0.25) is 4.79 Å². The molecule has 1 aromatic rings. The first kappa shape index (κ1) is 15.3. The van der Waals surface area contributed by atoms with Crippen LogP contribution in [0.4, 0.5) is 0 Å². The van der Waals surface area contributed by atoms with Crippen molar-refractivity contribution in [3.8, 4) is 5.75 Å². The topological polar surface area (TPSA) is 38.3 Å². The van der Waals surface area contributed by atoms with Gasteiger partial charge in [0, 0.05) is 15.4 Å². The summed E-state index contributed by atoms with van der Waals surface area (Å²) >= 11 is 9.38. The van der Waals surface area contributed by atoms with Gasteiger partial charge in [0.15, 0.2) is 0 Å². The number of ether oxygens (including phenoxy) is 1. The lowest BCUT2D eigenvalue weighted by atomic mass is 10.0. The van der Waals surface area contributed by atoms with Gasteiger partial charge in [-0.05, 0) is 32.0 Å². The van der Waals surface area contributed by atoms with Gasteiger partial charge in [0.2, 0.25) is 0 Å². The van der Waals surface area contributed by atoms with Crippen LogP contribution in [0.1, 0.15) is 31.1 Å². The standard InChI is InChI=1S/C13H17BrClNO2/c1-8(14)13(2,3)16-12(17)10-7-9(15)5-6-11(10)18-4/h5-8H,1-4H3,(H,16,17). The van der Waals surface area contributed by atoms with E-state index in [4.69, 9.17) is 16.3 Å². The molecule has 3 nitrogen and oxygen atoms in total. The third kappa shape index (κ3) is 3.62. The summed E-state index contributed by atoms with van der Waals surface area (Å²) in [5.41, 5.74) is 0.0657. The largest absolute Gasteiger partial charge is 0.496 e. The van der Waals surface area contributed by atoms with Gasteiger partial charge in [0.05, 0.1) is 12.7 Å². The summed E-state index contributed by atoms with van der Waals surface area (Å²) in [5, 5.41) is 3.45. The highest BCUT2D eigenvalue weighted by molar-refractivity contribution is 9.09. The normalized spacial score (nSPS) is 13.0. The number of amides is 1. The van der Waals surface area contributed by atoms with Gasteiger partial charge < -0.3 is 10.1 Å². The number of halogens is 2. The van der Waals surface area contributed by atoms with Crippen molar-refractivity contribution in [3.05, 3.63) is 28.8 Å². The molecule has 0 saturated carbocycles. The average molecular weight is 335 g/mol. The summed E-state index contributed by atoms with van der Waals surface area (Å²) in [6.07, 6.45) is 0. The Hall–Kier alpha value is -0.740. The summed E-state index contributed by atoms with van der Waals surface area (Å²) in [6, 6.07) is 4.97. The second kappa shape index (κ2) is 5.93. The quantitative estimate of drug-likeness (QED) is 0.854. The third-order valence-corrected chi connectivity index (χ3v) is 4.22. The average Bonchev–Trinajstić information content (AvgIpc) is 2.28. The van der Waals surface area contributed by atoms with Gasteiger partial charge in [-0.1, -0.05) is 34.5 Å². The Labute approximate surface area is 121 Å². The van der Waals surface area contributed by atoms with Crippen LogP contribution in [0.5, 0.6) is 5.75 Å². The second-order valence-electron chi connectivity index (χ2n) is 4.64. The molecule has 0 spiro atoms. The molecule has 0 aliphatic rings. The van der Waals surface area contributed by atoms with Crippen molar-refractivity contribution in [2.45, 2.75) is 31.1 Å². The van der Waals surface area contributed by atoms with Crippen LogP contribution in [0, 0.1) is 0 Å². The Kier molecular flexibility index (Phi) is 5.05. The number of benzene rings is 1. The highest BCUT2D eigenvalue weighted by atomic mass is 79.9. The SMILES string of the molecule is COc1ccc(Cl)cc1C(=O)NC(C)(C)C(C)Br. The predicted molar refractivity (Wildman–Crippen MR) is 77.9 cm³/mol. The lowest BCUT2D eigenvalue weighted by molar-refractivity contribution is 0.0911. The van der Waals surface area contributed by atoms with Gasteiger partial charge in [0.25, 0.3) is 5.91 Å². The number of carbonyl (C=O) groups is 1. The molecular formula is C13H17BrClNO2. The zero-order valence-electron chi connectivity index (χ0n) is 10.9. The Morgan fingerprint density at radius 1 is 1.50 bits per heavy atom. The van der Waals surface area contributed by atoms with Crippen molar-refractivity contribution in [1.82, 2.24) is 5.32 Å². The van der Waals surface area contributed by atoms with E-state index < -0.39 is 0 Å². The van der Waals surface area contributed by atoms with Crippen molar-refractivity contribution < 1.29 is 9.53 Å². The number of hydrogen-bond acceptors (Lipinski definition) is 2. The molecule has 1 unspecified atom stereocenters. The fourth-order valence-corrected chi connectivity index (χ4v) is 1.60. The third-order valence-electron chi connectivity index (χ3n) is 2.84. The van der Waals surface area contributed by atoms with E-state index >= 15 is 0 Å². The van der Waals surface area contributed by atoms with Gasteiger partial charge in [0.1, 0.15) is 5.75 Å². The Morgan fingerprint density at radius 3 is 2.61 bits per heavy atom. The van der Waals surface area contributed by atoms with Crippen LogP contribution in [0.25, 0.3) is 0 Å². The second-order valence-corrected chi connectivity index (χ2v) is 6.45. The van der Waals surface area contributed by atoms with Gasteiger partial charge in [-0.2, -0.15) is 0 Å². The van der Waals surface area contributed by atoms with Crippen LogP contribution < -0.4 is 10.1 Å². The van der Waals surface area contributed by atoms with E-state index in [0.29, 0.717) is 16.3 Å². The molecule has 0 aromatic heterocycles. The zero-order chi connectivity index (χ0) is 13.9. The van der Waals surface area contributed by atoms with E-state index in [1.165, 1.54) is 7.11 Å². The van der Waals surface area contributed by atoms with Crippen LogP contribution in [0.3, 0.4) is 0 Å². The number of alkyl halides is 1. The van der Waals surface area contributed by atoms with Crippen LogP contribution in [-0.4, -0.2) is 23.4 Å². The molecule has 1 aromatic carbocycles. The summed E-state index contributed by atoms with van der Waals surface area (Å²) in [5.74, 6) is 0.306. The number of carbonyl (C=O) groups excluding carboxylic acids is 1. The molecule has 0 radical (unpaired) electrons. The van der Waals surface area contributed by atoms with E-state index in [0.717, 1.165) is 0 Å². The van der Waals surface area contributed by atoms with Gasteiger partial charge >= 0.3 is 0 Å². The van der Waals surface area contributed by atoms with E-state index in [1.54, 1.807) is 18.2 Å². The molecule has 0 bridgehead atoms. The number of methoxy groups -OCH3 is 1. The number of hydrogen-bond donors (Lipinski definition) is 1. The van der Waals surface area contributed by atoms with Crippen LogP contribution in [0.2, 0.25) is 5.02 Å². The van der Waals surface area contributed by atoms with Crippen LogP contribution in [-0.2, 0) is 0 Å². The van der Waals surface area contributed by atoms with Crippen molar-refractivity contribution in [2.24, 2.45) is 0 Å². The minimum atomic E-state index is -0.371.